The SMILES string of the molecule is CC(F)(F)CC1CN(c2ccc(C(F)(F)F)c(-c3n[nH]c4ncccc34)n2)CCN1. The fourth-order valence-electron chi connectivity index (χ4n) is 3.67. The van der Waals surface area contributed by atoms with Gasteiger partial charge in [-0.15, -0.1) is 0 Å². The van der Waals surface area contributed by atoms with Crippen LogP contribution in [-0.4, -0.2) is 51.8 Å². The molecule has 1 aliphatic heterocycles. The number of halogens is 5. The average Bonchev–Trinajstić information content (AvgIpc) is 3.10. The molecule has 0 amide bonds. The van der Waals surface area contributed by atoms with E-state index >= 15 is 0 Å². The number of anilines is 1. The average molecular weight is 426 g/mol. The first kappa shape index (κ1) is 20.5. The highest BCUT2D eigenvalue weighted by atomic mass is 19.4. The van der Waals surface area contributed by atoms with Crippen molar-refractivity contribution in [2.75, 3.05) is 24.5 Å². The van der Waals surface area contributed by atoms with Gasteiger partial charge in [-0.3, -0.25) is 5.10 Å². The van der Waals surface area contributed by atoms with E-state index in [0.717, 1.165) is 13.0 Å². The zero-order chi connectivity index (χ0) is 21.5. The Bertz CT molecular complexity index is 1040. The molecule has 2 N–H and O–H groups in total. The minimum Gasteiger partial charge on any atom is -0.354 e. The second-order valence-electron chi connectivity index (χ2n) is 7.41. The fourth-order valence-corrected chi connectivity index (χ4v) is 3.67. The summed E-state index contributed by atoms with van der Waals surface area (Å²) in [5.74, 6) is -2.57. The first-order valence-corrected chi connectivity index (χ1v) is 9.36. The summed E-state index contributed by atoms with van der Waals surface area (Å²) in [6, 6.07) is 4.94. The first-order chi connectivity index (χ1) is 14.1. The van der Waals surface area contributed by atoms with E-state index < -0.39 is 23.7 Å². The van der Waals surface area contributed by atoms with Crippen molar-refractivity contribution in [2.45, 2.75) is 31.5 Å². The molecular weight excluding hydrogens is 407 g/mol. The van der Waals surface area contributed by atoms with Gasteiger partial charge in [0.05, 0.1) is 5.56 Å². The van der Waals surface area contributed by atoms with E-state index in [1.165, 1.54) is 12.3 Å². The minimum atomic E-state index is -4.63. The van der Waals surface area contributed by atoms with Gasteiger partial charge in [0, 0.05) is 43.7 Å². The predicted octanol–water partition coefficient (Wildman–Crippen LogP) is 3.86. The summed E-state index contributed by atoms with van der Waals surface area (Å²) in [5, 5.41) is 10.1. The fraction of sp³-hybridized carbons (Fsp3) is 0.421. The Hall–Kier alpha value is -2.82. The molecule has 1 unspecified atom stereocenters. The maximum Gasteiger partial charge on any atom is 0.418 e. The molecule has 0 aliphatic carbocycles. The van der Waals surface area contributed by atoms with Crippen molar-refractivity contribution in [2.24, 2.45) is 0 Å². The molecule has 6 nitrogen and oxygen atoms in total. The van der Waals surface area contributed by atoms with Crippen LogP contribution in [0.3, 0.4) is 0 Å². The van der Waals surface area contributed by atoms with Gasteiger partial charge < -0.3 is 10.2 Å². The summed E-state index contributed by atoms with van der Waals surface area (Å²) in [7, 11) is 0. The first-order valence-electron chi connectivity index (χ1n) is 9.36. The van der Waals surface area contributed by atoms with Crippen LogP contribution < -0.4 is 10.2 Å². The summed E-state index contributed by atoms with van der Waals surface area (Å²) < 4.78 is 67.8. The molecule has 11 heteroatoms. The van der Waals surface area contributed by atoms with Crippen LogP contribution in [0.5, 0.6) is 0 Å². The third-order valence-electron chi connectivity index (χ3n) is 4.93. The molecule has 1 aliphatic rings. The second-order valence-corrected chi connectivity index (χ2v) is 7.41. The summed E-state index contributed by atoms with van der Waals surface area (Å²) in [6.45, 7) is 1.92. The smallest absolute Gasteiger partial charge is 0.354 e. The molecular formula is C19H19F5N6. The van der Waals surface area contributed by atoms with Crippen LogP contribution in [0.15, 0.2) is 30.5 Å². The monoisotopic (exact) mass is 426 g/mol. The van der Waals surface area contributed by atoms with E-state index in [2.05, 4.69) is 25.5 Å². The Morgan fingerprint density at radius 2 is 1.93 bits per heavy atom. The maximum absolute atomic E-state index is 13.7. The number of hydrogen-bond donors (Lipinski definition) is 2. The van der Waals surface area contributed by atoms with E-state index in [9.17, 15) is 22.0 Å². The number of H-pyrrole nitrogens is 1. The lowest BCUT2D eigenvalue weighted by atomic mass is 10.1. The largest absolute Gasteiger partial charge is 0.418 e. The zero-order valence-electron chi connectivity index (χ0n) is 16.0. The minimum absolute atomic E-state index is 0.0408. The Morgan fingerprint density at radius 1 is 1.13 bits per heavy atom. The summed E-state index contributed by atoms with van der Waals surface area (Å²) in [5.41, 5.74) is -0.857. The van der Waals surface area contributed by atoms with Crippen molar-refractivity contribution < 1.29 is 22.0 Å². The Morgan fingerprint density at radius 3 is 2.67 bits per heavy atom. The number of nitrogens with one attached hydrogen (secondary N) is 2. The quantitative estimate of drug-likeness (QED) is 0.620. The lowest BCUT2D eigenvalue weighted by Gasteiger charge is -2.35. The van der Waals surface area contributed by atoms with Crippen molar-refractivity contribution in [3.8, 4) is 11.4 Å². The van der Waals surface area contributed by atoms with Crippen LogP contribution in [0, 0.1) is 0 Å². The van der Waals surface area contributed by atoms with Crippen LogP contribution in [0.2, 0.25) is 0 Å². The topological polar surface area (TPSA) is 69.7 Å². The van der Waals surface area contributed by atoms with E-state index in [4.69, 9.17) is 0 Å². The third-order valence-corrected chi connectivity index (χ3v) is 4.93. The molecule has 30 heavy (non-hydrogen) atoms. The van der Waals surface area contributed by atoms with Crippen molar-refractivity contribution in [3.63, 3.8) is 0 Å². The normalized spacial score (nSPS) is 18.2. The molecule has 1 atom stereocenters. The van der Waals surface area contributed by atoms with Crippen LogP contribution in [0.25, 0.3) is 22.4 Å². The molecule has 0 bridgehead atoms. The van der Waals surface area contributed by atoms with Crippen molar-refractivity contribution in [1.29, 1.82) is 0 Å². The third kappa shape index (κ3) is 4.20. The van der Waals surface area contributed by atoms with Gasteiger partial charge >= 0.3 is 6.18 Å². The van der Waals surface area contributed by atoms with Gasteiger partial charge in [-0.25, -0.2) is 18.7 Å². The molecule has 3 aromatic heterocycles. The second kappa shape index (κ2) is 7.46. The van der Waals surface area contributed by atoms with Gasteiger partial charge in [0.25, 0.3) is 0 Å². The maximum atomic E-state index is 13.7. The number of piperazine rings is 1. The van der Waals surface area contributed by atoms with Crippen molar-refractivity contribution >= 4 is 16.9 Å². The predicted molar refractivity (Wildman–Crippen MR) is 101 cm³/mol. The van der Waals surface area contributed by atoms with Gasteiger partial charge in [-0.2, -0.15) is 18.3 Å². The van der Waals surface area contributed by atoms with Gasteiger partial charge in [0.15, 0.2) is 5.65 Å². The van der Waals surface area contributed by atoms with Crippen LogP contribution in [0.1, 0.15) is 18.9 Å². The molecule has 0 aromatic carbocycles. The highest BCUT2D eigenvalue weighted by Gasteiger charge is 2.37. The van der Waals surface area contributed by atoms with Crippen molar-refractivity contribution in [3.05, 3.63) is 36.0 Å². The number of aromatic nitrogens is 4. The molecule has 0 radical (unpaired) electrons. The van der Waals surface area contributed by atoms with Gasteiger partial charge in [0.2, 0.25) is 5.92 Å². The molecule has 4 heterocycles. The zero-order valence-corrected chi connectivity index (χ0v) is 16.0. The van der Waals surface area contributed by atoms with E-state index in [-0.39, 0.29) is 30.2 Å². The Kier molecular flexibility index (Phi) is 5.08. The molecule has 160 valence electrons. The molecule has 1 saturated heterocycles. The highest BCUT2D eigenvalue weighted by molar-refractivity contribution is 5.90. The van der Waals surface area contributed by atoms with Crippen LogP contribution in [0.4, 0.5) is 27.8 Å². The molecule has 3 aromatic rings. The summed E-state index contributed by atoms with van der Waals surface area (Å²) in [6.07, 6.45) is -3.50. The molecule has 0 saturated carbocycles. The number of aromatic amines is 1. The summed E-state index contributed by atoms with van der Waals surface area (Å²) >= 11 is 0. The van der Waals surface area contributed by atoms with Gasteiger partial charge in [0.1, 0.15) is 17.2 Å². The molecule has 0 spiro atoms. The van der Waals surface area contributed by atoms with E-state index in [1.807, 2.05) is 0 Å². The van der Waals surface area contributed by atoms with Crippen LogP contribution >= 0.6 is 0 Å². The number of nitrogens with zero attached hydrogens (tertiary/aromatic N) is 4. The van der Waals surface area contributed by atoms with Gasteiger partial charge in [-0.05, 0) is 31.2 Å². The highest BCUT2D eigenvalue weighted by Crippen LogP contribution is 2.38. The molecule has 4 rings (SSSR count). The van der Waals surface area contributed by atoms with E-state index in [1.54, 1.807) is 17.0 Å². The number of alkyl halides is 5. The standard InChI is InChI=1S/C19H19F5N6/c1-18(20,21)9-11-10-30(8-7-25-11)14-5-4-13(19(22,23)24)16(27-14)15-12-3-2-6-26-17(12)29-28-15/h2-6,11,25H,7-10H2,1H3,(H,26,28,29). The number of hydrogen-bond acceptors (Lipinski definition) is 5. The number of rotatable bonds is 4. The Labute approximate surface area is 168 Å². The van der Waals surface area contributed by atoms with Crippen LogP contribution in [-0.2, 0) is 6.18 Å². The lowest BCUT2D eigenvalue weighted by molar-refractivity contribution is -0.137. The van der Waals surface area contributed by atoms with E-state index in [0.29, 0.717) is 24.1 Å². The lowest BCUT2D eigenvalue weighted by Crippen LogP contribution is -2.52. The number of pyridine rings is 2. The Balaban J connectivity index is 1.74. The number of fused-ring (bicyclic) bond motifs is 1. The summed E-state index contributed by atoms with van der Waals surface area (Å²) in [4.78, 5) is 10.0. The van der Waals surface area contributed by atoms with Gasteiger partial charge in [-0.1, -0.05) is 0 Å². The molecule has 1 fully saturated rings. The van der Waals surface area contributed by atoms with Crippen molar-refractivity contribution in [1.82, 2.24) is 25.5 Å².